The molecule has 0 fully saturated rings. The van der Waals surface area contributed by atoms with Crippen molar-refractivity contribution in [1.82, 2.24) is 9.97 Å². The number of nitrogens with one attached hydrogen (secondary N) is 1. The standard InChI is InChI=1S/C12H14N2S/c1-7(2)10-5-9-4-8(3)6-13-11(9)14-12(10)15/h4-7H,1-3H3,(H,13,14,15). The van der Waals surface area contributed by atoms with Crippen molar-refractivity contribution in [3.8, 4) is 11.4 Å². The number of H-pyrrole nitrogens is 1. The van der Waals surface area contributed by atoms with Crippen molar-refractivity contribution in [2.75, 3.05) is 0 Å². The van der Waals surface area contributed by atoms with Crippen LogP contribution in [0.1, 0.15) is 30.9 Å². The van der Waals surface area contributed by atoms with Crippen LogP contribution in [0.5, 0.6) is 0 Å². The lowest BCUT2D eigenvalue weighted by molar-refractivity contribution is 0.851. The molecule has 0 unspecified atom stereocenters. The van der Waals surface area contributed by atoms with Crippen LogP contribution in [0.2, 0.25) is 0 Å². The highest BCUT2D eigenvalue weighted by atomic mass is 32.1. The number of nitrogens with zero attached hydrogens (tertiary/aromatic N) is 1. The molecule has 0 atom stereocenters. The zero-order valence-corrected chi connectivity index (χ0v) is 9.98. The molecule has 2 nitrogen and oxygen atoms in total. The van der Waals surface area contributed by atoms with E-state index < -0.39 is 0 Å². The maximum absolute atomic E-state index is 5.26. The fourth-order valence-corrected chi connectivity index (χ4v) is 2.02. The van der Waals surface area contributed by atoms with Crippen LogP contribution in [0, 0.1) is 11.6 Å². The summed E-state index contributed by atoms with van der Waals surface area (Å²) in [6.07, 6.45) is 1.94. The van der Waals surface area contributed by atoms with Gasteiger partial charge in [-0.1, -0.05) is 26.1 Å². The van der Waals surface area contributed by atoms with E-state index in [0.717, 1.165) is 17.0 Å². The molecule has 0 aromatic heterocycles. The molecular formula is C12H14N2S. The number of fused-ring (bicyclic) bond motifs is 1. The fraction of sp³-hybridized carbons (Fsp3) is 0.333. The summed E-state index contributed by atoms with van der Waals surface area (Å²) in [6, 6.07) is 4.26. The molecule has 0 aromatic rings. The van der Waals surface area contributed by atoms with E-state index in [9.17, 15) is 0 Å². The molecular weight excluding hydrogens is 204 g/mol. The van der Waals surface area contributed by atoms with Crippen LogP contribution in [0.4, 0.5) is 0 Å². The van der Waals surface area contributed by atoms with Gasteiger partial charge in [0, 0.05) is 11.8 Å². The van der Waals surface area contributed by atoms with Crippen molar-refractivity contribution in [3.63, 3.8) is 0 Å². The smallest absolute Gasteiger partial charge is 0.138 e. The van der Waals surface area contributed by atoms with Crippen LogP contribution in [0.3, 0.4) is 0 Å². The number of pyridine rings is 2. The summed E-state index contributed by atoms with van der Waals surface area (Å²) in [5.41, 5.74) is 3.49. The molecule has 78 valence electrons. The minimum Gasteiger partial charge on any atom is -0.346 e. The Morgan fingerprint density at radius 2 is 2.07 bits per heavy atom. The van der Waals surface area contributed by atoms with Gasteiger partial charge >= 0.3 is 0 Å². The maximum atomic E-state index is 5.26. The zero-order valence-electron chi connectivity index (χ0n) is 9.16. The van der Waals surface area contributed by atoms with Gasteiger partial charge in [-0.3, -0.25) is 0 Å². The highest BCUT2D eigenvalue weighted by Gasteiger charge is 2.09. The molecule has 0 aromatic carbocycles. The molecule has 15 heavy (non-hydrogen) atoms. The molecule has 0 saturated carbocycles. The summed E-state index contributed by atoms with van der Waals surface area (Å²) < 4.78 is 0.706. The number of aromatic amines is 1. The van der Waals surface area contributed by atoms with Crippen molar-refractivity contribution in [2.45, 2.75) is 26.7 Å². The Balaban J connectivity index is 2.74. The zero-order chi connectivity index (χ0) is 11.0. The summed E-state index contributed by atoms with van der Waals surface area (Å²) in [4.78, 5) is 7.55. The molecule has 0 spiro atoms. The quantitative estimate of drug-likeness (QED) is 0.740. The number of hydrogen-bond acceptors (Lipinski definition) is 2. The lowest BCUT2D eigenvalue weighted by atomic mass is 10.0. The van der Waals surface area contributed by atoms with Gasteiger partial charge in [0.2, 0.25) is 0 Å². The molecule has 0 saturated heterocycles. The van der Waals surface area contributed by atoms with Crippen LogP contribution < -0.4 is 0 Å². The lowest BCUT2D eigenvalue weighted by Crippen LogP contribution is -1.98. The SMILES string of the molecule is Cc1c[nH]c2nc(=S)c(C(C)C)cc-2c1. The fourth-order valence-electron chi connectivity index (χ4n) is 1.64. The van der Waals surface area contributed by atoms with Gasteiger partial charge in [-0.05, 0) is 36.1 Å². The summed E-state index contributed by atoms with van der Waals surface area (Å²) in [5.74, 6) is 1.30. The predicted octanol–water partition coefficient (Wildman–Crippen LogP) is 3.68. The minimum absolute atomic E-state index is 0.426. The van der Waals surface area contributed by atoms with Gasteiger partial charge in [0.1, 0.15) is 10.5 Å². The summed E-state index contributed by atoms with van der Waals surface area (Å²) >= 11 is 5.26. The minimum atomic E-state index is 0.426. The molecule has 0 aliphatic carbocycles. The van der Waals surface area contributed by atoms with Crippen molar-refractivity contribution < 1.29 is 0 Å². The van der Waals surface area contributed by atoms with Crippen LogP contribution in [0.25, 0.3) is 11.4 Å². The van der Waals surface area contributed by atoms with E-state index in [-0.39, 0.29) is 0 Å². The first kappa shape index (κ1) is 10.3. The lowest BCUT2D eigenvalue weighted by Gasteiger charge is -2.10. The largest absolute Gasteiger partial charge is 0.346 e. The molecule has 2 aliphatic rings. The topological polar surface area (TPSA) is 28.7 Å². The summed E-state index contributed by atoms with van der Waals surface area (Å²) in [6.45, 7) is 6.34. The molecule has 0 amide bonds. The second-order valence-electron chi connectivity index (χ2n) is 4.15. The Morgan fingerprint density at radius 3 is 2.73 bits per heavy atom. The van der Waals surface area contributed by atoms with Crippen molar-refractivity contribution in [2.24, 2.45) is 0 Å². The van der Waals surface area contributed by atoms with Crippen molar-refractivity contribution in [1.29, 1.82) is 0 Å². The summed E-state index contributed by atoms with van der Waals surface area (Å²) in [5, 5.41) is 0. The Kier molecular flexibility index (Phi) is 2.57. The highest BCUT2D eigenvalue weighted by molar-refractivity contribution is 7.71. The van der Waals surface area contributed by atoms with Gasteiger partial charge in [-0.2, -0.15) is 0 Å². The molecule has 0 bridgehead atoms. The first-order valence-electron chi connectivity index (χ1n) is 5.08. The second kappa shape index (κ2) is 3.74. The number of aryl methyl sites for hydroxylation is 1. The molecule has 0 radical (unpaired) electrons. The van der Waals surface area contributed by atoms with E-state index in [4.69, 9.17) is 12.2 Å². The molecule has 2 aliphatic heterocycles. The maximum Gasteiger partial charge on any atom is 0.138 e. The van der Waals surface area contributed by atoms with Gasteiger partial charge in [0.05, 0.1) is 0 Å². The van der Waals surface area contributed by atoms with E-state index in [1.54, 1.807) is 0 Å². The van der Waals surface area contributed by atoms with Gasteiger partial charge in [-0.25, -0.2) is 4.98 Å². The normalized spacial score (nSPS) is 11.2. The van der Waals surface area contributed by atoms with Crippen molar-refractivity contribution in [3.05, 3.63) is 34.1 Å². The van der Waals surface area contributed by atoms with Gasteiger partial charge in [-0.15, -0.1) is 0 Å². The van der Waals surface area contributed by atoms with E-state index in [1.165, 1.54) is 5.56 Å². The molecule has 1 N–H and O–H groups in total. The second-order valence-corrected chi connectivity index (χ2v) is 4.54. The Morgan fingerprint density at radius 1 is 1.33 bits per heavy atom. The van der Waals surface area contributed by atoms with Crippen molar-refractivity contribution >= 4 is 12.2 Å². The van der Waals surface area contributed by atoms with E-state index in [2.05, 4.69) is 42.9 Å². The molecule has 2 heterocycles. The Bertz CT molecular complexity index is 514. The average molecular weight is 218 g/mol. The first-order valence-corrected chi connectivity index (χ1v) is 5.49. The average Bonchev–Trinajstić information content (AvgIpc) is 2.17. The number of hydrogen-bond donors (Lipinski definition) is 1. The van der Waals surface area contributed by atoms with Gasteiger partial charge in [0.25, 0.3) is 0 Å². The van der Waals surface area contributed by atoms with Crippen LogP contribution in [-0.4, -0.2) is 9.97 Å². The monoisotopic (exact) mass is 218 g/mol. The van der Waals surface area contributed by atoms with Crippen LogP contribution >= 0.6 is 12.2 Å². The van der Waals surface area contributed by atoms with E-state index in [1.807, 2.05) is 6.20 Å². The van der Waals surface area contributed by atoms with E-state index >= 15 is 0 Å². The third-order valence-electron chi connectivity index (χ3n) is 2.49. The third-order valence-corrected chi connectivity index (χ3v) is 2.81. The number of rotatable bonds is 1. The summed E-state index contributed by atoms with van der Waals surface area (Å²) in [7, 11) is 0. The molecule has 2 rings (SSSR count). The molecule has 3 heteroatoms. The number of aromatic nitrogens is 2. The first-order chi connectivity index (χ1) is 7.08. The highest BCUT2D eigenvalue weighted by Crippen LogP contribution is 2.24. The van der Waals surface area contributed by atoms with Gasteiger partial charge < -0.3 is 4.98 Å². The Labute approximate surface area is 94.7 Å². The van der Waals surface area contributed by atoms with Crippen LogP contribution in [0.15, 0.2) is 18.3 Å². The van der Waals surface area contributed by atoms with E-state index in [0.29, 0.717) is 10.6 Å². The van der Waals surface area contributed by atoms with Crippen LogP contribution in [-0.2, 0) is 0 Å². The van der Waals surface area contributed by atoms with Gasteiger partial charge in [0.15, 0.2) is 0 Å². The third kappa shape index (κ3) is 1.92. The predicted molar refractivity (Wildman–Crippen MR) is 64.9 cm³/mol. The Hall–Kier alpha value is -1.22.